The summed E-state index contributed by atoms with van der Waals surface area (Å²) in [5, 5.41) is 6.69. The summed E-state index contributed by atoms with van der Waals surface area (Å²) in [5.74, 6) is -0.861. The standard InChI is InChI=1S/C21H22N4O4S2/c22-20(27)18-7-12-30-21(18)23-19(26)14-24-8-10-25(11-9-24)31(28,29)17-6-5-15-3-1-2-4-16(15)13-17/h1-7,12-13H,8-11,14H2,(H2,22,27)(H,23,26). The molecular formula is C21H22N4O4S2. The van der Waals surface area contributed by atoms with Gasteiger partial charge in [0.2, 0.25) is 15.9 Å². The highest BCUT2D eigenvalue weighted by Crippen LogP contribution is 2.24. The number of carbonyl (C=O) groups excluding carboxylic acids is 2. The van der Waals surface area contributed by atoms with Crippen molar-refractivity contribution in [3.05, 3.63) is 59.5 Å². The van der Waals surface area contributed by atoms with Crippen molar-refractivity contribution in [2.24, 2.45) is 5.73 Å². The van der Waals surface area contributed by atoms with Gasteiger partial charge >= 0.3 is 0 Å². The van der Waals surface area contributed by atoms with Crippen molar-refractivity contribution < 1.29 is 18.0 Å². The molecule has 2 heterocycles. The normalized spacial score (nSPS) is 15.7. The van der Waals surface area contributed by atoms with Gasteiger partial charge in [0.25, 0.3) is 5.91 Å². The molecule has 0 bridgehead atoms. The van der Waals surface area contributed by atoms with Crippen LogP contribution in [0.5, 0.6) is 0 Å². The van der Waals surface area contributed by atoms with Crippen LogP contribution in [0, 0.1) is 0 Å². The number of primary amides is 1. The number of hydrogen-bond donors (Lipinski definition) is 2. The van der Waals surface area contributed by atoms with E-state index in [0.29, 0.717) is 31.2 Å². The maximum absolute atomic E-state index is 13.1. The number of amides is 2. The van der Waals surface area contributed by atoms with Crippen LogP contribution in [0.3, 0.4) is 0 Å². The van der Waals surface area contributed by atoms with E-state index in [2.05, 4.69) is 5.32 Å². The molecule has 10 heteroatoms. The quantitative estimate of drug-likeness (QED) is 0.586. The summed E-state index contributed by atoms with van der Waals surface area (Å²) in [6.07, 6.45) is 0. The Morgan fingerprint density at radius 2 is 1.71 bits per heavy atom. The SMILES string of the molecule is NC(=O)c1ccsc1NC(=O)CN1CCN(S(=O)(=O)c2ccc3ccccc3c2)CC1. The molecule has 1 aliphatic rings. The Labute approximate surface area is 184 Å². The fraction of sp³-hybridized carbons (Fsp3) is 0.238. The Morgan fingerprint density at radius 1 is 1.00 bits per heavy atom. The van der Waals surface area contributed by atoms with E-state index < -0.39 is 15.9 Å². The number of nitrogens with zero attached hydrogens (tertiary/aromatic N) is 2. The van der Waals surface area contributed by atoms with Gasteiger partial charge in [-0.15, -0.1) is 11.3 Å². The third kappa shape index (κ3) is 4.62. The Bertz CT molecular complexity index is 1230. The molecule has 8 nitrogen and oxygen atoms in total. The predicted molar refractivity (Wildman–Crippen MR) is 121 cm³/mol. The molecule has 1 aromatic heterocycles. The number of fused-ring (bicyclic) bond motifs is 1. The van der Waals surface area contributed by atoms with Gasteiger partial charge in [-0.2, -0.15) is 4.31 Å². The molecule has 31 heavy (non-hydrogen) atoms. The van der Waals surface area contributed by atoms with Crippen LogP contribution in [-0.2, 0) is 14.8 Å². The van der Waals surface area contributed by atoms with Crippen LogP contribution in [-0.4, -0.2) is 62.2 Å². The second kappa shape index (κ2) is 8.75. The number of anilines is 1. The van der Waals surface area contributed by atoms with Crippen LogP contribution in [0.2, 0.25) is 0 Å². The first-order valence-electron chi connectivity index (χ1n) is 9.73. The number of benzene rings is 2. The van der Waals surface area contributed by atoms with Gasteiger partial charge in [0.1, 0.15) is 5.00 Å². The third-order valence-electron chi connectivity index (χ3n) is 5.24. The number of nitrogens with two attached hydrogens (primary N) is 1. The number of piperazine rings is 1. The Balaban J connectivity index is 1.36. The molecular weight excluding hydrogens is 436 g/mol. The lowest BCUT2D eigenvalue weighted by atomic mass is 10.1. The molecule has 0 atom stereocenters. The lowest BCUT2D eigenvalue weighted by molar-refractivity contribution is -0.117. The van der Waals surface area contributed by atoms with E-state index in [-0.39, 0.29) is 22.9 Å². The fourth-order valence-electron chi connectivity index (χ4n) is 3.57. The van der Waals surface area contributed by atoms with Crippen molar-refractivity contribution >= 4 is 48.9 Å². The highest BCUT2D eigenvalue weighted by Gasteiger charge is 2.29. The number of sulfonamides is 1. The molecule has 2 aromatic carbocycles. The van der Waals surface area contributed by atoms with Gasteiger partial charge in [-0.25, -0.2) is 8.42 Å². The summed E-state index contributed by atoms with van der Waals surface area (Å²) in [6.45, 7) is 1.59. The van der Waals surface area contributed by atoms with Gasteiger partial charge in [-0.05, 0) is 34.4 Å². The van der Waals surface area contributed by atoms with Gasteiger partial charge in [0, 0.05) is 26.2 Å². The van der Waals surface area contributed by atoms with E-state index in [1.165, 1.54) is 15.6 Å². The van der Waals surface area contributed by atoms with Crippen LogP contribution < -0.4 is 11.1 Å². The van der Waals surface area contributed by atoms with Crippen LogP contribution >= 0.6 is 11.3 Å². The minimum atomic E-state index is -3.61. The number of rotatable bonds is 6. The third-order valence-corrected chi connectivity index (χ3v) is 7.97. The molecule has 0 spiro atoms. The molecule has 3 N–H and O–H groups in total. The molecule has 2 amide bonds. The zero-order valence-corrected chi connectivity index (χ0v) is 18.3. The average Bonchev–Trinajstić information content (AvgIpc) is 3.22. The van der Waals surface area contributed by atoms with Gasteiger partial charge in [-0.3, -0.25) is 14.5 Å². The van der Waals surface area contributed by atoms with Gasteiger partial charge < -0.3 is 11.1 Å². The number of hydrogen-bond acceptors (Lipinski definition) is 6. The lowest BCUT2D eigenvalue weighted by Gasteiger charge is -2.33. The highest BCUT2D eigenvalue weighted by molar-refractivity contribution is 7.89. The van der Waals surface area contributed by atoms with Crippen molar-refractivity contribution in [3.63, 3.8) is 0 Å². The zero-order valence-electron chi connectivity index (χ0n) is 16.7. The Morgan fingerprint density at radius 3 is 2.42 bits per heavy atom. The summed E-state index contributed by atoms with van der Waals surface area (Å²) in [6, 6.07) is 14.3. The maximum atomic E-state index is 13.1. The molecule has 4 rings (SSSR count). The summed E-state index contributed by atoms with van der Waals surface area (Å²) < 4.78 is 27.6. The summed E-state index contributed by atoms with van der Waals surface area (Å²) in [7, 11) is -3.61. The van der Waals surface area contributed by atoms with Crippen molar-refractivity contribution in [2.75, 3.05) is 38.0 Å². The minimum Gasteiger partial charge on any atom is -0.366 e. The first-order chi connectivity index (χ1) is 14.8. The fourth-order valence-corrected chi connectivity index (χ4v) is 5.84. The van der Waals surface area contributed by atoms with E-state index in [0.717, 1.165) is 10.8 Å². The summed E-state index contributed by atoms with van der Waals surface area (Å²) in [4.78, 5) is 25.9. The number of nitrogens with one attached hydrogen (secondary N) is 1. The minimum absolute atomic E-state index is 0.111. The van der Waals surface area contributed by atoms with Crippen LogP contribution in [0.25, 0.3) is 10.8 Å². The first-order valence-corrected chi connectivity index (χ1v) is 12.0. The zero-order chi connectivity index (χ0) is 22.0. The molecule has 162 valence electrons. The van der Waals surface area contributed by atoms with Crippen molar-refractivity contribution in [1.82, 2.24) is 9.21 Å². The second-order valence-electron chi connectivity index (χ2n) is 7.27. The van der Waals surface area contributed by atoms with Crippen LogP contribution in [0.15, 0.2) is 58.8 Å². The molecule has 1 aliphatic heterocycles. The smallest absolute Gasteiger partial charge is 0.251 e. The molecule has 1 fully saturated rings. The van der Waals surface area contributed by atoms with E-state index in [9.17, 15) is 18.0 Å². The topological polar surface area (TPSA) is 113 Å². The number of carbonyl (C=O) groups is 2. The molecule has 0 radical (unpaired) electrons. The molecule has 1 saturated heterocycles. The van der Waals surface area contributed by atoms with Crippen LogP contribution in [0.1, 0.15) is 10.4 Å². The molecule has 0 aliphatic carbocycles. The lowest BCUT2D eigenvalue weighted by Crippen LogP contribution is -2.50. The summed E-state index contributed by atoms with van der Waals surface area (Å²) in [5.41, 5.74) is 5.58. The summed E-state index contributed by atoms with van der Waals surface area (Å²) >= 11 is 1.23. The van der Waals surface area contributed by atoms with Gasteiger partial charge in [-0.1, -0.05) is 30.3 Å². The van der Waals surface area contributed by atoms with Crippen LogP contribution in [0.4, 0.5) is 5.00 Å². The largest absolute Gasteiger partial charge is 0.366 e. The van der Waals surface area contributed by atoms with Crippen molar-refractivity contribution in [2.45, 2.75) is 4.90 Å². The highest BCUT2D eigenvalue weighted by atomic mass is 32.2. The van der Waals surface area contributed by atoms with E-state index >= 15 is 0 Å². The van der Waals surface area contributed by atoms with Crippen molar-refractivity contribution in [3.8, 4) is 0 Å². The van der Waals surface area contributed by atoms with Gasteiger partial charge in [0.05, 0.1) is 17.0 Å². The monoisotopic (exact) mass is 458 g/mol. The second-order valence-corrected chi connectivity index (χ2v) is 10.1. The Kier molecular flexibility index (Phi) is 6.05. The van der Waals surface area contributed by atoms with Crippen molar-refractivity contribution in [1.29, 1.82) is 0 Å². The van der Waals surface area contributed by atoms with E-state index in [4.69, 9.17) is 5.73 Å². The maximum Gasteiger partial charge on any atom is 0.251 e. The predicted octanol–water partition coefficient (Wildman–Crippen LogP) is 1.95. The number of thiophene rings is 1. The van der Waals surface area contributed by atoms with E-state index in [1.807, 2.05) is 35.2 Å². The van der Waals surface area contributed by atoms with Gasteiger partial charge in [0.15, 0.2) is 0 Å². The average molecular weight is 459 g/mol. The molecule has 3 aromatic rings. The van der Waals surface area contributed by atoms with E-state index in [1.54, 1.807) is 23.6 Å². The molecule has 0 unspecified atom stereocenters. The molecule has 0 saturated carbocycles. The first kappa shape index (κ1) is 21.4. The Hall–Kier alpha value is -2.79.